The lowest BCUT2D eigenvalue weighted by Crippen LogP contribution is -1.97. The number of aryl methyl sites for hydroxylation is 2. The highest BCUT2D eigenvalue weighted by Crippen LogP contribution is 2.14. The molecule has 2 bridgehead atoms. The van der Waals surface area contributed by atoms with Crippen molar-refractivity contribution < 1.29 is 0 Å². The maximum Gasteiger partial charge on any atom is -0.0238 e. The van der Waals surface area contributed by atoms with Crippen molar-refractivity contribution in [3.63, 3.8) is 0 Å². The van der Waals surface area contributed by atoms with E-state index in [2.05, 4.69) is 24.3 Å². The van der Waals surface area contributed by atoms with Crippen LogP contribution in [-0.4, -0.2) is 0 Å². The van der Waals surface area contributed by atoms with Crippen LogP contribution in [0.15, 0.2) is 24.3 Å². The molecule has 0 spiro atoms. The van der Waals surface area contributed by atoms with Crippen LogP contribution in [0.1, 0.15) is 11.1 Å². The van der Waals surface area contributed by atoms with Crippen LogP contribution >= 0.6 is 0 Å². The molecule has 3 rings (SSSR count). The summed E-state index contributed by atoms with van der Waals surface area (Å²) in [6.07, 6.45) is 2.53. The van der Waals surface area contributed by atoms with Crippen LogP contribution < -0.4 is 6.15 Å². The zero-order valence-electron chi connectivity index (χ0n) is 5.43. The van der Waals surface area contributed by atoms with Gasteiger partial charge in [0.2, 0.25) is 0 Å². The molecule has 0 saturated carbocycles. The van der Waals surface area contributed by atoms with E-state index in [0.717, 1.165) is 0 Å². The molecular weight excluding hydrogens is 110 g/mol. The third kappa shape index (κ3) is 0.958. The molecule has 0 heterocycles. The van der Waals surface area contributed by atoms with Crippen molar-refractivity contribution in [3.8, 4) is 0 Å². The molecule has 0 atom stereocenters. The molecule has 1 aromatic rings. The highest BCUT2D eigenvalue weighted by Gasteiger charge is 2.01. The number of rotatable bonds is 0. The molecule has 1 aromatic carbocycles. The van der Waals surface area contributed by atoms with Crippen LogP contribution in [0.4, 0.5) is 0 Å². The van der Waals surface area contributed by atoms with E-state index >= 15 is 0 Å². The number of hydrogen-bond donors (Lipinski definition) is 1. The van der Waals surface area contributed by atoms with E-state index in [4.69, 9.17) is 0 Å². The van der Waals surface area contributed by atoms with Crippen molar-refractivity contribution in [3.05, 3.63) is 35.4 Å². The maximum atomic E-state index is 2.21. The number of benzene rings is 1. The second-order valence-corrected chi connectivity index (χ2v) is 2.32. The van der Waals surface area contributed by atoms with Gasteiger partial charge in [-0.15, -0.1) is 0 Å². The van der Waals surface area contributed by atoms with Crippen LogP contribution in [0, 0.1) is 0 Å². The van der Waals surface area contributed by atoms with Crippen LogP contribution in [0.2, 0.25) is 0 Å². The predicted molar refractivity (Wildman–Crippen MR) is 38.9 cm³/mol. The molecule has 0 amide bonds. The lowest BCUT2D eigenvalue weighted by molar-refractivity contribution is 0.921. The minimum absolute atomic E-state index is 0. The Labute approximate surface area is 55.3 Å². The molecule has 0 unspecified atom stereocenters. The fourth-order valence-electron chi connectivity index (χ4n) is 1.16. The second kappa shape index (κ2) is 2.19. The zero-order valence-corrected chi connectivity index (χ0v) is 5.43. The Hall–Kier alpha value is -0.820. The first kappa shape index (κ1) is 6.30. The zero-order chi connectivity index (χ0) is 5.40. The summed E-state index contributed by atoms with van der Waals surface area (Å²) in [6, 6.07) is 8.83. The molecule has 1 nitrogen and oxygen atoms in total. The van der Waals surface area contributed by atoms with Gasteiger partial charge in [-0.1, -0.05) is 24.3 Å². The minimum Gasteiger partial charge on any atom is -0.344 e. The van der Waals surface area contributed by atoms with Gasteiger partial charge in [0.1, 0.15) is 0 Å². The van der Waals surface area contributed by atoms with Gasteiger partial charge in [-0.25, -0.2) is 0 Å². The van der Waals surface area contributed by atoms with Crippen molar-refractivity contribution in [1.29, 1.82) is 0 Å². The van der Waals surface area contributed by atoms with E-state index in [1.165, 1.54) is 24.0 Å². The lowest BCUT2D eigenvalue weighted by Gasteiger charge is -2.09. The second-order valence-electron chi connectivity index (χ2n) is 2.32. The van der Waals surface area contributed by atoms with E-state index in [0.29, 0.717) is 0 Å². The van der Waals surface area contributed by atoms with Gasteiger partial charge < -0.3 is 6.15 Å². The number of hydrogen-bond acceptors (Lipinski definition) is 1. The van der Waals surface area contributed by atoms with E-state index in [9.17, 15) is 0 Å². The van der Waals surface area contributed by atoms with E-state index in [1.807, 2.05) is 0 Å². The van der Waals surface area contributed by atoms with E-state index in [1.54, 1.807) is 0 Å². The average molecular weight is 121 g/mol. The molecule has 1 heteroatoms. The van der Waals surface area contributed by atoms with Crippen molar-refractivity contribution in [1.82, 2.24) is 6.15 Å². The van der Waals surface area contributed by atoms with Crippen molar-refractivity contribution in [2.24, 2.45) is 0 Å². The molecule has 9 heavy (non-hydrogen) atoms. The van der Waals surface area contributed by atoms with Crippen molar-refractivity contribution in [2.45, 2.75) is 12.8 Å². The smallest absolute Gasteiger partial charge is 0.0238 e. The van der Waals surface area contributed by atoms with E-state index < -0.39 is 0 Å². The largest absolute Gasteiger partial charge is 0.344 e. The maximum absolute atomic E-state index is 2.21. The van der Waals surface area contributed by atoms with Gasteiger partial charge >= 0.3 is 0 Å². The average Bonchev–Trinajstić information content (AvgIpc) is 1.92. The summed E-state index contributed by atoms with van der Waals surface area (Å²) < 4.78 is 0. The van der Waals surface area contributed by atoms with Gasteiger partial charge in [0.15, 0.2) is 0 Å². The lowest BCUT2D eigenvalue weighted by atomic mass is 9.97. The van der Waals surface area contributed by atoms with Gasteiger partial charge in [-0.2, -0.15) is 0 Å². The standard InChI is InChI=1S/C8H8.H3N/c1-2-8-5-3-7(1)4-6-8;/h1-3,5H,4,6H2;1H3. The summed E-state index contributed by atoms with van der Waals surface area (Å²) in [5, 5.41) is 0. The third-order valence-corrected chi connectivity index (χ3v) is 1.73. The summed E-state index contributed by atoms with van der Waals surface area (Å²) in [5.74, 6) is 0. The number of fused-ring (bicyclic) bond motifs is 3. The van der Waals surface area contributed by atoms with Gasteiger partial charge in [-0.3, -0.25) is 0 Å². The molecule has 0 aromatic heterocycles. The first-order valence-electron chi connectivity index (χ1n) is 3.03. The Morgan fingerprint density at radius 1 is 0.778 bits per heavy atom. The summed E-state index contributed by atoms with van der Waals surface area (Å²) in [6.45, 7) is 0. The molecule has 48 valence electrons. The quantitative estimate of drug-likeness (QED) is 0.559. The molecule has 0 saturated heterocycles. The summed E-state index contributed by atoms with van der Waals surface area (Å²) >= 11 is 0. The summed E-state index contributed by atoms with van der Waals surface area (Å²) in [5.41, 5.74) is 2.97. The Morgan fingerprint density at radius 3 is 1.22 bits per heavy atom. The van der Waals surface area contributed by atoms with E-state index in [-0.39, 0.29) is 6.15 Å². The van der Waals surface area contributed by atoms with Crippen LogP contribution in [0.25, 0.3) is 0 Å². The fraction of sp³-hybridized carbons (Fsp3) is 0.250. The van der Waals surface area contributed by atoms with Crippen molar-refractivity contribution >= 4 is 0 Å². The topological polar surface area (TPSA) is 35.0 Å². The first-order chi connectivity index (χ1) is 3.95. The van der Waals surface area contributed by atoms with Gasteiger partial charge in [0.25, 0.3) is 0 Å². The van der Waals surface area contributed by atoms with Crippen LogP contribution in [0.5, 0.6) is 0 Å². The van der Waals surface area contributed by atoms with Crippen molar-refractivity contribution in [2.75, 3.05) is 0 Å². The highest BCUT2D eigenvalue weighted by molar-refractivity contribution is 5.28. The summed E-state index contributed by atoms with van der Waals surface area (Å²) in [4.78, 5) is 0. The molecule has 2 aliphatic rings. The van der Waals surface area contributed by atoms with Gasteiger partial charge in [-0.05, 0) is 24.0 Å². The van der Waals surface area contributed by atoms with Gasteiger partial charge in [0.05, 0.1) is 0 Å². The summed E-state index contributed by atoms with van der Waals surface area (Å²) in [7, 11) is 0. The predicted octanol–water partition coefficient (Wildman–Crippen LogP) is 1.95. The Morgan fingerprint density at radius 2 is 1.11 bits per heavy atom. The molecule has 0 aliphatic heterocycles. The molecule has 3 N–H and O–H groups in total. The fourth-order valence-corrected chi connectivity index (χ4v) is 1.16. The molecular formula is C8H11N. The Kier molecular flexibility index (Phi) is 1.54. The molecule has 2 aliphatic carbocycles. The highest BCUT2D eigenvalue weighted by atomic mass is 14.1. The van der Waals surface area contributed by atoms with Crippen LogP contribution in [-0.2, 0) is 12.8 Å². The normalized spacial score (nSPS) is 12.9. The molecule has 0 fully saturated rings. The first-order valence-corrected chi connectivity index (χ1v) is 3.03. The third-order valence-electron chi connectivity index (χ3n) is 1.73. The molecule has 0 radical (unpaired) electrons. The van der Waals surface area contributed by atoms with Crippen LogP contribution in [0.3, 0.4) is 0 Å². The Balaban J connectivity index is 0.000000405. The minimum atomic E-state index is 0. The van der Waals surface area contributed by atoms with Gasteiger partial charge in [0, 0.05) is 0 Å². The SMILES string of the molecule is N.c1cc2ccc1CC2. The Bertz CT molecular complexity index is 165. The monoisotopic (exact) mass is 121 g/mol.